The number of rotatable bonds is 4. The van der Waals surface area contributed by atoms with Crippen molar-refractivity contribution in [3.63, 3.8) is 0 Å². The highest BCUT2D eigenvalue weighted by atomic mass is 15.0. The smallest absolute Gasteiger partial charge is 0.0795 e. The van der Waals surface area contributed by atoms with Crippen LogP contribution in [-0.2, 0) is 10.8 Å². The monoisotopic (exact) mass is 720 g/mol. The quantitative estimate of drug-likeness (QED) is 0.171. The lowest BCUT2D eigenvalue weighted by atomic mass is 9.63. The Hall–Kier alpha value is -6.38. The molecule has 2 heterocycles. The molecule has 0 atom stereocenters. The molecule has 2 heteroatoms. The molecule has 0 saturated carbocycles. The molecule has 1 aliphatic rings. The summed E-state index contributed by atoms with van der Waals surface area (Å²) in [4.78, 5) is 0. The molecular weight excluding hydrogens is 677 g/mol. The third kappa shape index (κ3) is 4.75. The van der Waals surface area contributed by atoms with Crippen molar-refractivity contribution >= 4 is 54.4 Å². The average molecular weight is 721 g/mol. The zero-order chi connectivity index (χ0) is 37.8. The number of hydrogen-bond acceptors (Lipinski definition) is 0. The highest BCUT2D eigenvalue weighted by Gasteiger charge is 2.38. The fraction of sp³-hybridized carbons (Fsp3) is 0.148. The van der Waals surface area contributed by atoms with Crippen LogP contribution in [0.15, 0.2) is 170 Å². The van der Waals surface area contributed by atoms with Crippen molar-refractivity contribution < 1.29 is 0 Å². The van der Waals surface area contributed by atoms with Crippen LogP contribution in [0.4, 0.5) is 0 Å². The zero-order valence-corrected chi connectivity index (χ0v) is 32.5. The first-order chi connectivity index (χ1) is 27.3. The Kier molecular flexibility index (Phi) is 7.11. The number of nitrogens with zero attached hydrogens (tertiary/aromatic N) is 2. The van der Waals surface area contributed by atoms with E-state index in [1.54, 1.807) is 0 Å². The number of para-hydroxylation sites is 2. The van der Waals surface area contributed by atoms with Crippen molar-refractivity contribution in [2.24, 2.45) is 0 Å². The van der Waals surface area contributed by atoms with E-state index in [4.69, 9.17) is 0 Å². The van der Waals surface area contributed by atoms with E-state index >= 15 is 0 Å². The first-order valence-corrected chi connectivity index (χ1v) is 20.1. The van der Waals surface area contributed by atoms with Crippen LogP contribution < -0.4 is 0 Å². The molecule has 1 aliphatic carbocycles. The summed E-state index contributed by atoms with van der Waals surface area (Å²) in [5.74, 6) is 0. The fourth-order valence-electron chi connectivity index (χ4n) is 10.0. The van der Waals surface area contributed by atoms with Gasteiger partial charge in [-0.2, -0.15) is 0 Å². The molecule has 0 saturated heterocycles. The van der Waals surface area contributed by atoms with Gasteiger partial charge in [0.05, 0.1) is 22.1 Å². The third-order valence-electron chi connectivity index (χ3n) is 12.9. The Morgan fingerprint density at radius 2 is 0.857 bits per heavy atom. The maximum absolute atomic E-state index is 2.58. The molecule has 8 aromatic carbocycles. The van der Waals surface area contributed by atoms with Crippen LogP contribution in [0, 0.1) is 0 Å². The summed E-state index contributed by atoms with van der Waals surface area (Å²) in [5.41, 5.74) is 15.3. The van der Waals surface area contributed by atoms with Crippen LogP contribution in [0.5, 0.6) is 0 Å². The van der Waals surface area contributed by atoms with Crippen LogP contribution in [-0.4, -0.2) is 9.13 Å². The summed E-state index contributed by atoms with van der Waals surface area (Å²) in [7, 11) is 0. The normalized spacial score (nSPS) is 14.9. The molecule has 0 amide bonds. The Balaban J connectivity index is 1.34. The molecule has 0 spiro atoms. The minimum Gasteiger partial charge on any atom is -0.307 e. The standard InChI is InChI=1S/C54H44N2/c1-53(2)30-31-54(3,4)46-34-48-44(33-45(46)53)50-42-27-14-13-26-41(42)49-43-28-15-16-29-47(43)56(51(49)52(50)55(48)37-21-9-6-10-22-37)38-23-17-20-36(32-38)40-25-12-11-24-39(40)35-18-7-5-8-19-35/h5-29,32-34H,30-31H2,1-4H3. The summed E-state index contributed by atoms with van der Waals surface area (Å²) in [6.07, 6.45) is 2.36. The number of benzene rings is 8. The molecule has 0 radical (unpaired) electrons. The van der Waals surface area contributed by atoms with Gasteiger partial charge in [-0.3, -0.25) is 0 Å². The second-order valence-electron chi connectivity index (χ2n) is 17.2. The van der Waals surface area contributed by atoms with Gasteiger partial charge in [0, 0.05) is 32.9 Å². The van der Waals surface area contributed by atoms with E-state index in [-0.39, 0.29) is 10.8 Å². The Morgan fingerprint density at radius 3 is 1.54 bits per heavy atom. The van der Waals surface area contributed by atoms with E-state index in [1.807, 2.05) is 0 Å². The minimum absolute atomic E-state index is 0.0831. The van der Waals surface area contributed by atoms with Gasteiger partial charge in [-0.15, -0.1) is 0 Å². The molecular formula is C54H44N2. The topological polar surface area (TPSA) is 9.86 Å². The van der Waals surface area contributed by atoms with Crippen molar-refractivity contribution in [3.05, 3.63) is 181 Å². The summed E-state index contributed by atoms with van der Waals surface area (Å²) in [5, 5.41) is 7.81. The molecule has 11 rings (SSSR count). The van der Waals surface area contributed by atoms with Crippen molar-refractivity contribution in [3.8, 4) is 33.6 Å². The predicted molar refractivity (Wildman–Crippen MR) is 239 cm³/mol. The lowest BCUT2D eigenvalue weighted by molar-refractivity contribution is 0.332. The molecule has 10 aromatic rings. The summed E-state index contributed by atoms with van der Waals surface area (Å²) < 4.78 is 5.14. The Bertz CT molecular complexity index is 3170. The lowest BCUT2D eigenvalue weighted by Gasteiger charge is -2.42. The van der Waals surface area contributed by atoms with Gasteiger partial charge < -0.3 is 9.13 Å². The van der Waals surface area contributed by atoms with Crippen molar-refractivity contribution in [2.75, 3.05) is 0 Å². The average Bonchev–Trinajstić information content (AvgIpc) is 3.77. The highest BCUT2D eigenvalue weighted by Crippen LogP contribution is 2.51. The molecule has 2 aromatic heterocycles. The van der Waals surface area contributed by atoms with E-state index < -0.39 is 0 Å². The summed E-state index contributed by atoms with van der Waals surface area (Å²) in [6, 6.07) is 63.1. The molecule has 0 fully saturated rings. The van der Waals surface area contributed by atoms with Gasteiger partial charge in [0.1, 0.15) is 0 Å². The second-order valence-corrected chi connectivity index (χ2v) is 17.2. The van der Waals surface area contributed by atoms with E-state index in [0.717, 1.165) is 5.69 Å². The van der Waals surface area contributed by atoms with Gasteiger partial charge in [-0.05, 0) is 110 Å². The van der Waals surface area contributed by atoms with Crippen LogP contribution in [0.1, 0.15) is 51.7 Å². The maximum atomic E-state index is 2.58. The molecule has 0 unspecified atom stereocenters. The molecule has 0 aliphatic heterocycles. The SMILES string of the molecule is CC1(C)CCC(C)(C)c2cc3c(cc21)c1c2ccccc2c2c4ccccc4n(-c4cccc(-c5ccccc5-c5ccccc5)c4)c2c1n3-c1ccccc1. The number of hydrogen-bond donors (Lipinski definition) is 0. The fourth-order valence-corrected chi connectivity index (χ4v) is 10.0. The molecule has 0 N–H and O–H groups in total. The zero-order valence-electron chi connectivity index (χ0n) is 32.5. The molecule has 0 bridgehead atoms. The summed E-state index contributed by atoms with van der Waals surface area (Å²) in [6.45, 7) is 9.77. The van der Waals surface area contributed by atoms with Crippen LogP contribution in [0.3, 0.4) is 0 Å². The van der Waals surface area contributed by atoms with Gasteiger partial charge >= 0.3 is 0 Å². The van der Waals surface area contributed by atoms with Gasteiger partial charge in [-0.25, -0.2) is 0 Å². The minimum atomic E-state index is 0.0831. The van der Waals surface area contributed by atoms with E-state index in [0.29, 0.717) is 0 Å². The van der Waals surface area contributed by atoms with Crippen molar-refractivity contribution in [1.82, 2.24) is 9.13 Å². The van der Waals surface area contributed by atoms with Crippen LogP contribution in [0.2, 0.25) is 0 Å². The second kappa shape index (κ2) is 12.1. The van der Waals surface area contributed by atoms with Gasteiger partial charge in [0.15, 0.2) is 0 Å². The number of fused-ring (bicyclic) bond motifs is 11. The van der Waals surface area contributed by atoms with Crippen molar-refractivity contribution in [1.29, 1.82) is 0 Å². The first kappa shape index (κ1) is 33.0. The Morgan fingerprint density at radius 1 is 0.375 bits per heavy atom. The van der Waals surface area contributed by atoms with Gasteiger partial charge in [0.25, 0.3) is 0 Å². The van der Waals surface area contributed by atoms with E-state index in [2.05, 4.69) is 207 Å². The maximum Gasteiger partial charge on any atom is 0.0795 e. The van der Waals surface area contributed by atoms with Gasteiger partial charge in [-0.1, -0.05) is 155 Å². The first-order valence-electron chi connectivity index (χ1n) is 20.1. The molecule has 270 valence electrons. The number of aromatic nitrogens is 2. The van der Waals surface area contributed by atoms with Crippen molar-refractivity contribution in [2.45, 2.75) is 51.4 Å². The van der Waals surface area contributed by atoms with Gasteiger partial charge in [0.2, 0.25) is 0 Å². The molecule has 56 heavy (non-hydrogen) atoms. The van der Waals surface area contributed by atoms with E-state index in [1.165, 1.54) is 106 Å². The van der Waals surface area contributed by atoms with Crippen LogP contribution >= 0.6 is 0 Å². The largest absolute Gasteiger partial charge is 0.307 e. The predicted octanol–water partition coefficient (Wildman–Crippen LogP) is 14.7. The van der Waals surface area contributed by atoms with Crippen LogP contribution in [0.25, 0.3) is 88.0 Å². The third-order valence-corrected chi connectivity index (χ3v) is 12.9. The Labute approximate surface area is 328 Å². The highest BCUT2D eigenvalue weighted by molar-refractivity contribution is 6.36. The lowest BCUT2D eigenvalue weighted by Crippen LogP contribution is -2.33. The summed E-state index contributed by atoms with van der Waals surface area (Å²) >= 11 is 0. The molecule has 2 nitrogen and oxygen atoms in total. The van der Waals surface area contributed by atoms with E-state index in [9.17, 15) is 0 Å².